The summed E-state index contributed by atoms with van der Waals surface area (Å²) in [5, 5.41) is 7.68. The van der Waals surface area contributed by atoms with E-state index in [1.54, 1.807) is 19.1 Å². The Morgan fingerprint density at radius 1 is 1.14 bits per heavy atom. The molecule has 0 aliphatic heterocycles. The van der Waals surface area contributed by atoms with Crippen molar-refractivity contribution >= 4 is 28.7 Å². The van der Waals surface area contributed by atoms with Crippen molar-refractivity contribution in [2.75, 3.05) is 5.32 Å². The normalized spacial score (nSPS) is 11.2. The number of thiocarbonyl (C=S) groups is 1. The Kier molecular flexibility index (Phi) is 5.22. The Bertz CT molecular complexity index is 726. The topological polar surface area (TPSA) is 36.4 Å². The molecule has 22 heavy (non-hydrogen) atoms. The third-order valence-corrected chi connectivity index (χ3v) is 3.61. The van der Waals surface area contributed by atoms with E-state index in [1.807, 2.05) is 32.0 Å². The molecule has 0 saturated heterocycles. The van der Waals surface area contributed by atoms with Gasteiger partial charge in [0.15, 0.2) is 5.11 Å². The SMILES string of the molecule is C/C(=N\NC(=S)Nc1cccc(C)c1C)c1cccc(F)c1. The van der Waals surface area contributed by atoms with E-state index in [1.165, 1.54) is 17.7 Å². The van der Waals surface area contributed by atoms with Crippen molar-refractivity contribution in [2.45, 2.75) is 20.8 Å². The molecule has 2 aromatic rings. The van der Waals surface area contributed by atoms with Gasteiger partial charge in [0.05, 0.1) is 5.71 Å². The predicted molar refractivity (Wildman–Crippen MR) is 93.9 cm³/mol. The molecule has 0 aliphatic rings. The molecule has 0 amide bonds. The highest BCUT2D eigenvalue weighted by Crippen LogP contribution is 2.17. The minimum absolute atomic E-state index is 0.289. The molecule has 5 heteroatoms. The molecule has 0 aliphatic carbocycles. The molecule has 0 unspecified atom stereocenters. The number of anilines is 1. The van der Waals surface area contributed by atoms with Crippen LogP contribution in [0.25, 0.3) is 0 Å². The van der Waals surface area contributed by atoms with Gasteiger partial charge in [-0.3, -0.25) is 5.43 Å². The summed E-state index contributed by atoms with van der Waals surface area (Å²) in [4.78, 5) is 0. The van der Waals surface area contributed by atoms with Crippen molar-refractivity contribution in [1.82, 2.24) is 5.43 Å². The fourth-order valence-corrected chi connectivity index (χ4v) is 2.11. The first-order valence-electron chi connectivity index (χ1n) is 6.91. The smallest absolute Gasteiger partial charge is 0.191 e. The number of rotatable bonds is 3. The standard InChI is InChI=1S/C17H18FN3S/c1-11-6-4-9-16(12(11)2)19-17(22)21-20-13(3)14-7-5-8-15(18)10-14/h4-10H,1-3H3,(H2,19,21,22)/b20-13+. The number of halogens is 1. The first kappa shape index (κ1) is 16.1. The van der Waals surface area contributed by atoms with Crippen LogP contribution in [-0.2, 0) is 0 Å². The van der Waals surface area contributed by atoms with E-state index < -0.39 is 0 Å². The summed E-state index contributed by atoms with van der Waals surface area (Å²) in [6, 6.07) is 12.2. The Balaban J connectivity index is 2.03. The van der Waals surface area contributed by atoms with E-state index in [0.29, 0.717) is 16.4 Å². The Hall–Kier alpha value is -2.27. The lowest BCUT2D eigenvalue weighted by molar-refractivity contribution is 0.627. The van der Waals surface area contributed by atoms with Gasteiger partial charge in [-0.1, -0.05) is 24.3 Å². The summed E-state index contributed by atoms with van der Waals surface area (Å²) in [6.07, 6.45) is 0. The van der Waals surface area contributed by atoms with Gasteiger partial charge in [-0.15, -0.1) is 0 Å². The lowest BCUT2D eigenvalue weighted by Crippen LogP contribution is -2.25. The molecule has 0 bridgehead atoms. The summed E-state index contributed by atoms with van der Waals surface area (Å²) >= 11 is 5.23. The van der Waals surface area contributed by atoms with Gasteiger partial charge in [-0.2, -0.15) is 5.10 Å². The number of hydrogen-bond acceptors (Lipinski definition) is 2. The van der Waals surface area contributed by atoms with Crippen LogP contribution in [0.15, 0.2) is 47.6 Å². The van der Waals surface area contributed by atoms with Gasteiger partial charge in [0.2, 0.25) is 0 Å². The summed E-state index contributed by atoms with van der Waals surface area (Å²) in [7, 11) is 0. The van der Waals surface area contributed by atoms with Crippen LogP contribution in [0.3, 0.4) is 0 Å². The molecule has 0 fully saturated rings. The maximum Gasteiger partial charge on any atom is 0.191 e. The van der Waals surface area contributed by atoms with Gasteiger partial charge < -0.3 is 5.32 Å². The maximum absolute atomic E-state index is 13.2. The van der Waals surface area contributed by atoms with Crippen LogP contribution in [0.4, 0.5) is 10.1 Å². The second kappa shape index (κ2) is 7.13. The van der Waals surface area contributed by atoms with Gasteiger partial charge in [0, 0.05) is 11.3 Å². The zero-order valence-electron chi connectivity index (χ0n) is 12.8. The number of hydrogen-bond donors (Lipinski definition) is 2. The van der Waals surface area contributed by atoms with Gasteiger partial charge in [0.25, 0.3) is 0 Å². The third kappa shape index (κ3) is 4.11. The van der Waals surface area contributed by atoms with Gasteiger partial charge in [-0.05, 0) is 62.3 Å². The summed E-state index contributed by atoms with van der Waals surface area (Å²) in [5.74, 6) is -0.289. The lowest BCUT2D eigenvalue weighted by Gasteiger charge is -2.12. The maximum atomic E-state index is 13.2. The van der Waals surface area contributed by atoms with Crippen LogP contribution < -0.4 is 10.7 Å². The quantitative estimate of drug-likeness (QED) is 0.507. The highest BCUT2D eigenvalue weighted by molar-refractivity contribution is 7.80. The molecular weight excluding hydrogens is 297 g/mol. The van der Waals surface area contributed by atoms with Gasteiger partial charge >= 0.3 is 0 Å². The van der Waals surface area contributed by atoms with Crippen LogP contribution in [0.2, 0.25) is 0 Å². The number of nitrogens with one attached hydrogen (secondary N) is 2. The second-order valence-electron chi connectivity index (χ2n) is 5.02. The molecule has 2 rings (SSSR count). The van der Waals surface area contributed by atoms with Crippen molar-refractivity contribution in [2.24, 2.45) is 5.10 Å². The van der Waals surface area contributed by atoms with E-state index in [2.05, 4.69) is 15.8 Å². The first-order chi connectivity index (χ1) is 10.5. The average molecular weight is 315 g/mol. The van der Waals surface area contributed by atoms with Crippen molar-refractivity contribution in [3.05, 3.63) is 65.0 Å². The highest BCUT2D eigenvalue weighted by atomic mass is 32.1. The van der Waals surface area contributed by atoms with Crippen LogP contribution in [0.5, 0.6) is 0 Å². The number of aryl methyl sites for hydroxylation is 1. The van der Waals surface area contributed by atoms with Gasteiger partial charge in [-0.25, -0.2) is 4.39 Å². The molecule has 114 valence electrons. The zero-order valence-corrected chi connectivity index (χ0v) is 13.6. The molecule has 0 atom stereocenters. The first-order valence-corrected chi connectivity index (χ1v) is 7.31. The summed E-state index contributed by atoms with van der Waals surface area (Å²) in [5.41, 5.74) is 7.41. The molecule has 0 heterocycles. The average Bonchev–Trinajstić information content (AvgIpc) is 2.49. The zero-order chi connectivity index (χ0) is 16.1. The fraction of sp³-hybridized carbons (Fsp3) is 0.176. The number of benzene rings is 2. The van der Waals surface area contributed by atoms with Gasteiger partial charge in [0.1, 0.15) is 5.82 Å². The monoisotopic (exact) mass is 315 g/mol. The Morgan fingerprint density at radius 2 is 1.86 bits per heavy atom. The van der Waals surface area contributed by atoms with Crippen molar-refractivity contribution < 1.29 is 4.39 Å². The molecular formula is C17H18FN3S. The van der Waals surface area contributed by atoms with E-state index in [9.17, 15) is 4.39 Å². The molecule has 0 radical (unpaired) electrons. The number of nitrogens with zero attached hydrogens (tertiary/aromatic N) is 1. The Morgan fingerprint density at radius 3 is 2.59 bits per heavy atom. The van der Waals surface area contributed by atoms with E-state index >= 15 is 0 Å². The summed E-state index contributed by atoms with van der Waals surface area (Å²) < 4.78 is 13.2. The van der Waals surface area contributed by atoms with Crippen LogP contribution in [0.1, 0.15) is 23.6 Å². The highest BCUT2D eigenvalue weighted by Gasteiger charge is 2.03. The molecule has 2 N–H and O–H groups in total. The molecule has 0 saturated carbocycles. The lowest BCUT2D eigenvalue weighted by atomic mass is 10.1. The minimum atomic E-state index is -0.289. The molecule has 0 spiro atoms. The van der Waals surface area contributed by atoms with Crippen LogP contribution in [0, 0.1) is 19.7 Å². The number of hydrazone groups is 1. The fourth-order valence-electron chi connectivity index (χ4n) is 1.95. The molecule has 3 nitrogen and oxygen atoms in total. The van der Waals surface area contributed by atoms with Crippen molar-refractivity contribution in [3.8, 4) is 0 Å². The Labute approximate surface area is 135 Å². The molecule has 0 aromatic heterocycles. The minimum Gasteiger partial charge on any atom is -0.331 e. The van der Waals surface area contributed by atoms with E-state index in [4.69, 9.17) is 12.2 Å². The summed E-state index contributed by atoms with van der Waals surface area (Å²) in [6.45, 7) is 5.87. The van der Waals surface area contributed by atoms with Crippen LogP contribution >= 0.6 is 12.2 Å². The largest absolute Gasteiger partial charge is 0.331 e. The van der Waals surface area contributed by atoms with Crippen molar-refractivity contribution in [3.63, 3.8) is 0 Å². The second-order valence-corrected chi connectivity index (χ2v) is 5.43. The van der Waals surface area contributed by atoms with E-state index in [-0.39, 0.29) is 5.82 Å². The van der Waals surface area contributed by atoms with Crippen molar-refractivity contribution in [1.29, 1.82) is 0 Å². The molecule has 2 aromatic carbocycles. The predicted octanol–water partition coefficient (Wildman–Crippen LogP) is 4.15. The third-order valence-electron chi connectivity index (χ3n) is 3.42. The van der Waals surface area contributed by atoms with Crippen LogP contribution in [-0.4, -0.2) is 10.8 Å². The van der Waals surface area contributed by atoms with E-state index in [0.717, 1.165) is 11.3 Å².